The third-order valence-corrected chi connectivity index (χ3v) is 14.5. The summed E-state index contributed by atoms with van der Waals surface area (Å²) in [6, 6.07) is 13.3. The zero-order valence-corrected chi connectivity index (χ0v) is 38.5. The number of benzene rings is 2. The van der Waals surface area contributed by atoms with Gasteiger partial charge >= 0.3 is 6.18 Å². The third kappa shape index (κ3) is 9.25. The number of carbonyl (C=O) groups excluding carboxylic acids is 5. The lowest BCUT2D eigenvalue weighted by molar-refractivity contribution is -0.182. The van der Waals surface area contributed by atoms with E-state index in [4.69, 9.17) is 4.74 Å². The molecule has 1 unspecified atom stereocenters. The molecule has 5 aromatic rings. The monoisotopic (exact) mass is 965 g/mol. The Bertz CT molecular complexity index is 2830. The van der Waals surface area contributed by atoms with Crippen LogP contribution in [-0.4, -0.2) is 114 Å². The van der Waals surface area contributed by atoms with Crippen molar-refractivity contribution in [2.45, 2.75) is 94.9 Å². The first-order valence-electron chi connectivity index (χ1n) is 23.6. The van der Waals surface area contributed by atoms with Crippen LogP contribution in [0.15, 0.2) is 67.1 Å². The van der Waals surface area contributed by atoms with E-state index in [1.807, 2.05) is 46.1 Å². The normalized spacial score (nSPS) is 21.5. The number of amides is 5. The van der Waals surface area contributed by atoms with Crippen LogP contribution in [0.3, 0.4) is 0 Å². The Morgan fingerprint density at radius 3 is 2.29 bits per heavy atom. The molecule has 3 atom stereocenters. The fraction of sp³-hybridized carbons (Fsp3) is 0.449. The molecule has 7 heterocycles. The number of hydrogen-bond acceptors (Lipinski definition) is 12. The van der Waals surface area contributed by atoms with Crippen LogP contribution in [0.5, 0.6) is 11.6 Å². The van der Waals surface area contributed by atoms with E-state index in [1.165, 1.54) is 6.07 Å². The van der Waals surface area contributed by atoms with Gasteiger partial charge in [0.15, 0.2) is 11.6 Å². The van der Waals surface area contributed by atoms with Gasteiger partial charge in [0.2, 0.25) is 23.6 Å². The average molecular weight is 966 g/mol. The van der Waals surface area contributed by atoms with Gasteiger partial charge in [-0.05, 0) is 93.5 Å². The molecular weight excluding hydrogens is 915 g/mol. The molecular formula is C49H51F4N11O6. The van der Waals surface area contributed by atoms with Crippen LogP contribution in [0, 0.1) is 17.7 Å². The topological polar surface area (TPSA) is 201 Å². The molecule has 366 valence electrons. The summed E-state index contributed by atoms with van der Waals surface area (Å²) in [5.74, 6) is -2.33. The molecule has 10 rings (SSSR count). The van der Waals surface area contributed by atoms with E-state index in [9.17, 15) is 37.1 Å². The third-order valence-electron chi connectivity index (χ3n) is 14.5. The van der Waals surface area contributed by atoms with Crippen molar-refractivity contribution in [1.82, 2.24) is 50.4 Å². The van der Waals surface area contributed by atoms with Crippen molar-refractivity contribution in [1.29, 1.82) is 0 Å². The number of hydrogen-bond donors (Lipinski definition) is 3. The van der Waals surface area contributed by atoms with E-state index in [1.54, 1.807) is 18.5 Å². The number of aromatic amines is 1. The highest BCUT2D eigenvalue weighted by Crippen LogP contribution is 2.48. The lowest BCUT2D eigenvalue weighted by Gasteiger charge is -2.38. The summed E-state index contributed by atoms with van der Waals surface area (Å²) < 4.78 is 63.6. The number of imide groups is 2. The smallest absolute Gasteiger partial charge is 0.401 e. The van der Waals surface area contributed by atoms with Gasteiger partial charge in [-0.2, -0.15) is 23.4 Å². The molecule has 5 aliphatic rings. The second-order valence-electron chi connectivity index (χ2n) is 19.4. The number of carbonyl (C=O) groups is 5. The molecule has 0 bridgehead atoms. The average Bonchev–Trinajstić information content (AvgIpc) is 3.62. The Kier molecular flexibility index (Phi) is 12.3. The van der Waals surface area contributed by atoms with Crippen molar-refractivity contribution >= 4 is 35.2 Å². The van der Waals surface area contributed by atoms with Gasteiger partial charge in [-0.3, -0.25) is 44.0 Å². The van der Waals surface area contributed by atoms with Gasteiger partial charge in [0.1, 0.15) is 23.1 Å². The lowest BCUT2D eigenvalue weighted by atomic mass is 9.92. The number of alkyl halides is 3. The Hall–Kier alpha value is -7.03. The quantitative estimate of drug-likeness (QED) is 0.0892. The fourth-order valence-electron chi connectivity index (χ4n) is 9.97. The minimum atomic E-state index is -4.52. The zero-order valence-electron chi connectivity index (χ0n) is 38.5. The lowest BCUT2D eigenvalue weighted by Crippen LogP contribution is -2.54. The summed E-state index contributed by atoms with van der Waals surface area (Å²) in [7, 11) is 0. The molecule has 4 aliphatic heterocycles. The summed E-state index contributed by atoms with van der Waals surface area (Å²) in [4.78, 5) is 77.1. The van der Waals surface area contributed by atoms with E-state index in [-0.39, 0.29) is 71.6 Å². The molecule has 3 aromatic heterocycles. The number of fused-ring (bicyclic) bond motifs is 1. The fourth-order valence-corrected chi connectivity index (χ4v) is 9.97. The Labute approximate surface area is 399 Å². The zero-order chi connectivity index (χ0) is 49.1. The minimum absolute atomic E-state index is 0.00789. The number of nitrogens with one attached hydrogen (secondary N) is 3. The molecule has 2 aromatic carbocycles. The second-order valence-corrected chi connectivity index (χ2v) is 19.4. The van der Waals surface area contributed by atoms with Gasteiger partial charge in [0.25, 0.3) is 11.8 Å². The summed E-state index contributed by atoms with van der Waals surface area (Å²) in [5.41, 5.74) is 0.898. The first-order valence-corrected chi connectivity index (χ1v) is 23.6. The maximum Gasteiger partial charge on any atom is 0.401 e. The molecule has 3 N–H and O–H groups in total. The van der Waals surface area contributed by atoms with Gasteiger partial charge in [0, 0.05) is 62.9 Å². The van der Waals surface area contributed by atoms with Crippen LogP contribution in [-0.2, 0) is 26.3 Å². The minimum Gasteiger partial charge on any atom is -0.436 e. The van der Waals surface area contributed by atoms with Crippen molar-refractivity contribution in [3.05, 3.63) is 101 Å². The van der Waals surface area contributed by atoms with Crippen molar-refractivity contribution in [3.8, 4) is 22.8 Å². The molecule has 0 spiro atoms. The van der Waals surface area contributed by atoms with E-state index in [0.717, 1.165) is 86.8 Å². The van der Waals surface area contributed by atoms with Crippen LogP contribution in [0.2, 0.25) is 0 Å². The summed E-state index contributed by atoms with van der Waals surface area (Å²) >= 11 is 0. The van der Waals surface area contributed by atoms with Crippen LogP contribution < -0.4 is 20.3 Å². The van der Waals surface area contributed by atoms with Crippen molar-refractivity contribution in [2.24, 2.45) is 11.8 Å². The summed E-state index contributed by atoms with van der Waals surface area (Å²) in [6.45, 7) is 5.90. The molecule has 21 heteroatoms. The van der Waals surface area contributed by atoms with E-state index >= 15 is 4.39 Å². The number of rotatable bonds is 13. The molecule has 4 fully saturated rings. The highest BCUT2D eigenvalue weighted by molar-refractivity contribution is 6.23. The number of pyridine rings is 1. The van der Waals surface area contributed by atoms with Crippen molar-refractivity contribution in [3.63, 3.8) is 0 Å². The first kappa shape index (κ1) is 46.7. The van der Waals surface area contributed by atoms with E-state index < -0.39 is 47.1 Å². The maximum atomic E-state index is 15.5. The van der Waals surface area contributed by atoms with Crippen LogP contribution >= 0.6 is 0 Å². The molecule has 0 radical (unpaired) electrons. The standard InChI is InChI=1S/C49H51F4N11O6/c1-48(2,49(51,52)53)47-57-40(59-60-47)24-55-43(66)34-19-33(34)29-5-3-28(4-6-29)30-7-10-42(54-22-30)70-32-23-56-63(26-32)31-13-15-61(16-14-31)25-27-11-17-62(18-12-27)39-21-36-35(20-37(39)50)45(68)64(46(36)69)38-8-9-41(65)58-44(38)67/h3-7,10,20-23,26-27,31,33-34,38H,8-9,11-19,24-25H2,1-2H3,(H,55,66)(H,57,59,60)(H,58,65,67)/t33-,34+,38?/m1/s1. The molecule has 1 aliphatic carbocycles. The number of aromatic nitrogens is 6. The number of halogens is 4. The SMILES string of the molecule is CC(C)(c1n[nH]c(CNC(=O)[C@H]2C[C@@H]2c2ccc(-c3ccc(Oc4cnn(C5CCN(CC6CCN(c7cc8c(cc7F)C(=O)N(C7CCC(=O)NC7=O)C8=O)CC6)CC5)c4)nc3)cc2)n1)C(F)(F)F. The largest absolute Gasteiger partial charge is 0.436 e. The predicted octanol–water partition coefficient (Wildman–Crippen LogP) is 6.21. The van der Waals surface area contributed by atoms with Crippen molar-refractivity contribution < 1.29 is 46.3 Å². The number of nitrogens with zero attached hydrogens (tertiary/aromatic N) is 8. The molecule has 5 amide bonds. The first-order chi connectivity index (χ1) is 33.5. The molecule has 17 nitrogen and oxygen atoms in total. The number of likely N-dealkylation sites (tertiary alicyclic amines) is 1. The van der Waals surface area contributed by atoms with Crippen molar-refractivity contribution in [2.75, 3.05) is 37.6 Å². The van der Waals surface area contributed by atoms with Crippen LogP contribution in [0.25, 0.3) is 11.1 Å². The summed E-state index contributed by atoms with van der Waals surface area (Å²) in [5, 5.41) is 15.8. The Morgan fingerprint density at radius 1 is 0.886 bits per heavy atom. The Morgan fingerprint density at radius 2 is 1.60 bits per heavy atom. The van der Waals surface area contributed by atoms with Gasteiger partial charge in [-0.1, -0.05) is 24.3 Å². The van der Waals surface area contributed by atoms with Gasteiger partial charge < -0.3 is 19.9 Å². The highest BCUT2D eigenvalue weighted by Gasteiger charge is 2.51. The second kappa shape index (κ2) is 18.4. The molecule has 3 saturated heterocycles. The number of ether oxygens (including phenoxy) is 1. The van der Waals surface area contributed by atoms with Gasteiger partial charge in [0.05, 0.1) is 41.8 Å². The molecule has 70 heavy (non-hydrogen) atoms. The van der Waals surface area contributed by atoms with E-state index in [0.29, 0.717) is 37.1 Å². The van der Waals surface area contributed by atoms with Gasteiger partial charge in [-0.15, -0.1) is 0 Å². The predicted molar refractivity (Wildman–Crippen MR) is 243 cm³/mol. The highest BCUT2D eigenvalue weighted by atomic mass is 19.4. The molecule has 1 saturated carbocycles. The van der Waals surface area contributed by atoms with Crippen LogP contribution in [0.4, 0.5) is 23.2 Å². The number of anilines is 1. The number of H-pyrrole nitrogens is 1. The summed E-state index contributed by atoms with van der Waals surface area (Å²) in [6.07, 6.45) is 5.04. The van der Waals surface area contributed by atoms with Crippen LogP contribution in [0.1, 0.15) is 109 Å². The van der Waals surface area contributed by atoms with E-state index in [2.05, 4.69) is 40.8 Å². The Balaban J connectivity index is 0.650. The number of piperidine rings is 3. The maximum absolute atomic E-state index is 15.5. The van der Waals surface area contributed by atoms with Gasteiger partial charge in [-0.25, -0.2) is 14.4 Å².